The van der Waals surface area contributed by atoms with E-state index in [4.69, 9.17) is 0 Å². The highest BCUT2D eigenvalue weighted by Gasteiger charge is 2.30. The number of benzene rings is 2. The van der Waals surface area contributed by atoms with Crippen LogP contribution in [0, 0.1) is 23.5 Å². The summed E-state index contributed by atoms with van der Waals surface area (Å²) in [7, 11) is 0. The second-order valence-electron chi connectivity index (χ2n) is 7.16. The van der Waals surface area contributed by atoms with Crippen LogP contribution in [0.5, 0.6) is 0 Å². The van der Waals surface area contributed by atoms with Crippen molar-refractivity contribution in [3.05, 3.63) is 59.7 Å². The second kappa shape index (κ2) is 8.95. The van der Waals surface area contributed by atoms with E-state index < -0.39 is 11.6 Å². The fraction of sp³-hybridized carbons (Fsp3) is 0.364. The lowest BCUT2D eigenvalue weighted by Gasteiger charge is -2.27. The summed E-state index contributed by atoms with van der Waals surface area (Å²) in [4.78, 5) is 25.0. The molecule has 6 heteroatoms. The molecule has 0 bridgehead atoms. The second-order valence-corrected chi connectivity index (χ2v) is 7.16. The molecule has 0 unspecified atom stereocenters. The molecule has 148 valence electrons. The number of hydrogen-bond donors (Lipinski definition) is 2. The van der Waals surface area contributed by atoms with E-state index in [0.717, 1.165) is 29.8 Å². The molecule has 0 atom stereocenters. The van der Waals surface area contributed by atoms with Crippen molar-refractivity contribution in [1.82, 2.24) is 0 Å². The van der Waals surface area contributed by atoms with Crippen molar-refractivity contribution in [2.45, 2.75) is 39.0 Å². The number of nitrogens with one attached hydrogen (secondary N) is 2. The first-order chi connectivity index (χ1) is 13.5. The summed E-state index contributed by atoms with van der Waals surface area (Å²) in [5, 5.41) is 5.53. The first-order valence-corrected chi connectivity index (χ1v) is 9.62. The van der Waals surface area contributed by atoms with Gasteiger partial charge in [-0.1, -0.05) is 25.1 Å². The Labute approximate surface area is 163 Å². The molecule has 2 aromatic carbocycles. The summed E-state index contributed by atoms with van der Waals surface area (Å²) < 4.78 is 26.7. The number of halogens is 2. The van der Waals surface area contributed by atoms with E-state index in [2.05, 4.69) is 10.6 Å². The van der Waals surface area contributed by atoms with Gasteiger partial charge in [0.15, 0.2) is 0 Å². The average molecular weight is 386 g/mol. The molecule has 0 heterocycles. The van der Waals surface area contributed by atoms with Crippen LogP contribution in [-0.4, -0.2) is 11.8 Å². The maximum atomic E-state index is 13.7. The lowest BCUT2D eigenvalue weighted by atomic mass is 9.81. The van der Waals surface area contributed by atoms with E-state index in [1.54, 1.807) is 0 Å². The minimum absolute atomic E-state index is 0.0238. The first-order valence-electron chi connectivity index (χ1n) is 9.62. The van der Waals surface area contributed by atoms with Crippen LogP contribution in [0.25, 0.3) is 0 Å². The van der Waals surface area contributed by atoms with Gasteiger partial charge in [-0.25, -0.2) is 8.78 Å². The van der Waals surface area contributed by atoms with Crippen molar-refractivity contribution in [2.24, 2.45) is 11.8 Å². The molecule has 0 radical (unpaired) electrons. The van der Waals surface area contributed by atoms with Crippen LogP contribution in [-0.2, 0) is 16.0 Å². The van der Waals surface area contributed by atoms with Gasteiger partial charge in [-0.15, -0.1) is 0 Å². The van der Waals surface area contributed by atoms with Gasteiger partial charge in [0.05, 0.1) is 5.69 Å². The van der Waals surface area contributed by atoms with Gasteiger partial charge in [0.2, 0.25) is 11.8 Å². The fourth-order valence-electron chi connectivity index (χ4n) is 3.63. The monoisotopic (exact) mass is 386 g/mol. The normalized spacial score (nSPS) is 19.1. The van der Waals surface area contributed by atoms with E-state index >= 15 is 0 Å². The molecule has 0 spiro atoms. The molecular weight excluding hydrogens is 362 g/mol. The highest BCUT2D eigenvalue weighted by atomic mass is 19.1. The Bertz CT molecular complexity index is 861. The van der Waals surface area contributed by atoms with Crippen LogP contribution in [0.3, 0.4) is 0 Å². The SMILES string of the molecule is CCc1ccccc1NC(=O)C1CCC(C(=O)Nc2ccc(F)cc2F)CC1. The Morgan fingerprint density at radius 2 is 1.46 bits per heavy atom. The lowest BCUT2D eigenvalue weighted by Crippen LogP contribution is -2.32. The van der Waals surface area contributed by atoms with Crippen LogP contribution in [0.4, 0.5) is 20.2 Å². The average Bonchev–Trinajstić information content (AvgIpc) is 2.70. The highest BCUT2D eigenvalue weighted by Crippen LogP contribution is 2.31. The summed E-state index contributed by atoms with van der Waals surface area (Å²) in [6.07, 6.45) is 3.15. The van der Waals surface area contributed by atoms with Crippen LogP contribution < -0.4 is 10.6 Å². The van der Waals surface area contributed by atoms with E-state index in [1.807, 2.05) is 31.2 Å². The van der Waals surface area contributed by atoms with Crippen LogP contribution in [0.1, 0.15) is 38.2 Å². The molecule has 1 aliphatic rings. The van der Waals surface area contributed by atoms with E-state index in [9.17, 15) is 18.4 Å². The Kier molecular flexibility index (Phi) is 6.39. The van der Waals surface area contributed by atoms with Gasteiger partial charge in [-0.3, -0.25) is 9.59 Å². The van der Waals surface area contributed by atoms with Crippen LogP contribution in [0.15, 0.2) is 42.5 Å². The number of aryl methyl sites for hydroxylation is 1. The minimum atomic E-state index is -0.795. The highest BCUT2D eigenvalue weighted by molar-refractivity contribution is 5.95. The molecule has 2 aromatic rings. The van der Waals surface area contributed by atoms with Gasteiger partial charge in [-0.2, -0.15) is 0 Å². The molecule has 28 heavy (non-hydrogen) atoms. The zero-order valence-electron chi connectivity index (χ0n) is 15.8. The summed E-state index contributed by atoms with van der Waals surface area (Å²) in [6.45, 7) is 2.04. The molecule has 4 nitrogen and oxygen atoms in total. The van der Waals surface area contributed by atoms with E-state index in [0.29, 0.717) is 25.7 Å². The maximum absolute atomic E-state index is 13.7. The van der Waals surface area contributed by atoms with E-state index in [-0.39, 0.29) is 29.3 Å². The number of carbonyl (C=O) groups excluding carboxylic acids is 2. The third-order valence-electron chi connectivity index (χ3n) is 5.31. The van der Waals surface area contributed by atoms with Crippen molar-refractivity contribution < 1.29 is 18.4 Å². The van der Waals surface area contributed by atoms with Crippen LogP contribution in [0.2, 0.25) is 0 Å². The van der Waals surface area contributed by atoms with Gasteiger partial charge in [0.25, 0.3) is 0 Å². The predicted molar refractivity (Wildman–Crippen MR) is 105 cm³/mol. The Hall–Kier alpha value is -2.76. The first kappa shape index (κ1) is 20.0. The Morgan fingerprint density at radius 1 is 0.893 bits per heavy atom. The quantitative estimate of drug-likeness (QED) is 0.767. The number of para-hydroxylation sites is 1. The molecule has 0 aliphatic heterocycles. The fourth-order valence-corrected chi connectivity index (χ4v) is 3.63. The molecule has 1 fully saturated rings. The molecular formula is C22H24F2N2O2. The number of carbonyl (C=O) groups is 2. The standard InChI is InChI=1S/C22H24F2N2O2/c1-2-14-5-3-4-6-19(14)25-21(27)15-7-9-16(10-8-15)22(28)26-20-12-11-17(23)13-18(20)24/h3-6,11-13,15-16H,2,7-10H2,1H3,(H,25,27)(H,26,28). The zero-order valence-corrected chi connectivity index (χ0v) is 15.8. The van der Waals surface area contributed by atoms with Gasteiger partial charge in [0.1, 0.15) is 11.6 Å². The minimum Gasteiger partial charge on any atom is -0.326 e. The predicted octanol–water partition coefficient (Wildman–Crippen LogP) is 4.91. The van der Waals surface area contributed by atoms with Gasteiger partial charge in [-0.05, 0) is 55.9 Å². The van der Waals surface area contributed by atoms with Crippen LogP contribution >= 0.6 is 0 Å². The largest absolute Gasteiger partial charge is 0.326 e. The molecule has 2 amide bonds. The smallest absolute Gasteiger partial charge is 0.227 e. The topological polar surface area (TPSA) is 58.2 Å². The summed E-state index contributed by atoms with van der Waals surface area (Å²) >= 11 is 0. The molecule has 1 aliphatic carbocycles. The van der Waals surface area contributed by atoms with Crippen molar-refractivity contribution in [3.8, 4) is 0 Å². The van der Waals surface area contributed by atoms with Crippen molar-refractivity contribution in [2.75, 3.05) is 10.6 Å². The number of amides is 2. The molecule has 1 saturated carbocycles. The third-order valence-corrected chi connectivity index (χ3v) is 5.31. The summed E-state index contributed by atoms with van der Waals surface area (Å²) in [5.74, 6) is -2.22. The molecule has 3 rings (SSSR count). The molecule has 2 N–H and O–H groups in total. The Balaban J connectivity index is 1.53. The summed E-state index contributed by atoms with van der Waals surface area (Å²) in [5.41, 5.74) is 1.90. The lowest BCUT2D eigenvalue weighted by molar-refractivity contribution is -0.125. The third kappa shape index (κ3) is 4.74. The van der Waals surface area contributed by atoms with Crippen molar-refractivity contribution in [3.63, 3.8) is 0 Å². The molecule has 0 saturated heterocycles. The summed E-state index contributed by atoms with van der Waals surface area (Å²) in [6, 6.07) is 10.8. The number of anilines is 2. The van der Waals surface area contributed by atoms with Crippen molar-refractivity contribution >= 4 is 23.2 Å². The van der Waals surface area contributed by atoms with Gasteiger partial charge < -0.3 is 10.6 Å². The van der Waals surface area contributed by atoms with Crippen molar-refractivity contribution in [1.29, 1.82) is 0 Å². The number of hydrogen-bond acceptors (Lipinski definition) is 2. The maximum Gasteiger partial charge on any atom is 0.227 e. The number of rotatable bonds is 5. The molecule has 0 aromatic heterocycles. The van der Waals surface area contributed by atoms with Gasteiger partial charge >= 0.3 is 0 Å². The van der Waals surface area contributed by atoms with E-state index in [1.165, 1.54) is 6.07 Å². The van der Waals surface area contributed by atoms with Gasteiger partial charge in [0, 0.05) is 23.6 Å². The Morgan fingerprint density at radius 3 is 2.04 bits per heavy atom. The zero-order chi connectivity index (χ0) is 20.1.